The molecule has 0 aliphatic heterocycles. The van der Waals surface area contributed by atoms with E-state index in [0.29, 0.717) is 52.9 Å². The Morgan fingerprint density at radius 2 is 1.75 bits per heavy atom. The minimum atomic E-state index is -0.292. The molecule has 0 bridgehead atoms. The number of carbonyl (C=O) groups is 1. The van der Waals surface area contributed by atoms with E-state index in [9.17, 15) is 9.90 Å². The second-order valence-corrected chi connectivity index (χ2v) is 16.3. The van der Waals surface area contributed by atoms with Gasteiger partial charge in [-0.15, -0.1) is 0 Å². The monoisotopic (exact) mass is 550 g/mol. The second-order valence-electron chi connectivity index (χ2n) is 16.3. The summed E-state index contributed by atoms with van der Waals surface area (Å²) in [6.07, 6.45) is 14.7. The Labute approximate surface area is 242 Å². The second kappa shape index (κ2) is 9.19. The number of aryl methyl sites for hydroxylation is 1. The summed E-state index contributed by atoms with van der Waals surface area (Å²) in [4.78, 5) is 17.3. The SMILES string of the molecule is C=C(C)[C@@H]1CC[C@]2(COC(=O)n3ccnc3C)CC[C@]3(C)[C@H](CC[C@@H]4[C@@]5(C)CC[C@H](O)C(C)(C)[C@@H]5CC[C@]43C)[C@@H]12. The van der Waals surface area contributed by atoms with Crippen LogP contribution in [0.4, 0.5) is 4.79 Å². The van der Waals surface area contributed by atoms with Gasteiger partial charge in [0.1, 0.15) is 5.82 Å². The molecule has 5 nitrogen and oxygen atoms in total. The normalized spacial score (nSPS) is 47.4. The number of nitrogens with zero attached hydrogens (tertiary/aromatic N) is 2. The number of carbonyl (C=O) groups excluding carboxylic acids is 1. The van der Waals surface area contributed by atoms with E-state index in [0.717, 1.165) is 25.7 Å². The zero-order valence-corrected chi connectivity index (χ0v) is 26.3. The smallest absolute Gasteiger partial charge is 0.419 e. The van der Waals surface area contributed by atoms with Gasteiger partial charge in [-0.1, -0.05) is 46.8 Å². The number of allylic oxidation sites excluding steroid dienone is 1. The molecule has 0 amide bonds. The lowest BCUT2D eigenvalue weighted by Gasteiger charge is -2.73. The average Bonchev–Trinajstić information content (AvgIpc) is 3.50. The van der Waals surface area contributed by atoms with Crippen LogP contribution in [0.2, 0.25) is 0 Å². The van der Waals surface area contributed by atoms with E-state index in [1.807, 2.05) is 6.92 Å². The van der Waals surface area contributed by atoms with Gasteiger partial charge in [0, 0.05) is 17.8 Å². The summed E-state index contributed by atoms with van der Waals surface area (Å²) in [6, 6.07) is 0. The van der Waals surface area contributed by atoms with E-state index in [1.54, 1.807) is 12.4 Å². The Bertz CT molecular complexity index is 1190. The largest absolute Gasteiger partial charge is 0.448 e. The molecule has 5 heteroatoms. The molecule has 0 aromatic carbocycles. The molecule has 0 spiro atoms. The summed E-state index contributed by atoms with van der Waals surface area (Å²) < 4.78 is 7.67. The van der Waals surface area contributed by atoms with E-state index in [4.69, 9.17) is 4.74 Å². The van der Waals surface area contributed by atoms with Gasteiger partial charge in [0.2, 0.25) is 0 Å². The molecule has 1 aromatic rings. The Balaban J connectivity index is 1.32. The number of aliphatic hydroxyl groups excluding tert-OH is 1. The Morgan fingerprint density at radius 1 is 1.00 bits per heavy atom. The first kappa shape index (κ1) is 28.5. The van der Waals surface area contributed by atoms with Crippen LogP contribution in [0.3, 0.4) is 0 Å². The quantitative estimate of drug-likeness (QED) is 0.385. The molecule has 5 aliphatic carbocycles. The Morgan fingerprint density at radius 3 is 2.42 bits per heavy atom. The van der Waals surface area contributed by atoms with Crippen LogP contribution >= 0.6 is 0 Å². The number of rotatable bonds is 3. The predicted octanol–water partition coefficient (Wildman–Crippen LogP) is 8.19. The molecule has 222 valence electrons. The predicted molar refractivity (Wildman–Crippen MR) is 159 cm³/mol. The number of ether oxygens (including phenoxy) is 1. The topological polar surface area (TPSA) is 64.4 Å². The fourth-order valence-corrected chi connectivity index (χ4v) is 12.4. The van der Waals surface area contributed by atoms with Gasteiger partial charge < -0.3 is 9.84 Å². The van der Waals surface area contributed by atoms with Crippen LogP contribution in [-0.2, 0) is 4.74 Å². The van der Waals surface area contributed by atoms with Gasteiger partial charge in [0.05, 0.1) is 12.7 Å². The van der Waals surface area contributed by atoms with Gasteiger partial charge >= 0.3 is 6.09 Å². The standard InChI is InChI=1S/C35H54N2O3/c1-22(2)24-11-16-35(21-40-30(39)37-20-19-36-23(37)3)18-17-33(7)25(29(24)35)9-10-27-32(6)14-13-28(38)31(4,5)26(32)12-15-34(27,33)8/h19-20,24-29,38H,1,9-18,21H2,2-8H3/t24-,25+,26-,27+,28-,29+,32-,33+,34+,35+/m0/s1. The van der Waals surface area contributed by atoms with Crippen molar-refractivity contribution >= 4 is 6.09 Å². The lowest BCUT2D eigenvalue weighted by Crippen LogP contribution is -2.66. The molecule has 1 heterocycles. The van der Waals surface area contributed by atoms with Crippen LogP contribution in [0.5, 0.6) is 0 Å². The van der Waals surface area contributed by atoms with Crippen molar-refractivity contribution < 1.29 is 14.6 Å². The average molecular weight is 551 g/mol. The molecular weight excluding hydrogens is 496 g/mol. The van der Waals surface area contributed by atoms with Crippen LogP contribution in [0.1, 0.15) is 112 Å². The van der Waals surface area contributed by atoms with Crippen LogP contribution in [0, 0.1) is 63.6 Å². The van der Waals surface area contributed by atoms with Crippen molar-refractivity contribution in [3.05, 3.63) is 30.4 Å². The Hall–Kier alpha value is -1.62. The molecule has 0 radical (unpaired) electrons. The number of hydrogen-bond acceptors (Lipinski definition) is 4. The van der Waals surface area contributed by atoms with E-state index in [-0.39, 0.29) is 28.4 Å². The third kappa shape index (κ3) is 3.67. The maximum Gasteiger partial charge on any atom is 0.419 e. The number of imidazole rings is 1. The molecule has 0 saturated heterocycles. The fraction of sp³-hybridized carbons (Fsp3) is 0.829. The zero-order valence-electron chi connectivity index (χ0n) is 26.3. The maximum absolute atomic E-state index is 13.1. The first-order chi connectivity index (χ1) is 18.7. The number of fused-ring (bicyclic) bond motifs is 7. The van der Waals surface area contributed by atoms with Crippen molar-refractivity contribution in [2.45, 2.75) is 119 Å². The number of aromatic nitrogens is 2. The first-order valence-electron chi connectivity index (χ1n) is 16.2. The molecular formula is C35H54N2O3. The van der Waals surface area contributed by atoms with Crippen molar-refractivity contribution in [3.63, 3.8) is 0 Å². The first-order valence-corrected chi connectivity index (χ1v) is 16.2. The summed E-state index contributed by atoms with van der Waals surface area (Å²) in [5.41, 5.74) is 2.19. The molecule has 40 heavy (non-hydrogen) atoms. The molecule has 1 aromatic heterocycles. The van der Waals surface area contributed by atoms with Crippen molar-refractivity contribution in [2.24, 2.45) is 56.7 Å². The summed E-state index contributed by atoms with van der Waals surface area (Å²) in [5, 5.41) is 11.0. The lowest BCUT2D eigenvalue weighted by atomic mass is 9.32. The van der Waals surface area contributed by atoms with Crippen molar-refractivity contribution in [3.8, 4) is 0 Å². The molecule has 1 N–H and O–H groups in total. The molecule has 5 fully saturated rings. The summed E-state index contributed by atoms with van der Waals surface area (Å²) in [7, 11) is 0. The number of aliphatic hydroxyl groups is 1. The van der Waals surface area contributed by atoms with Gasteiger partial charge in [-0.2, -0.15) is 0 Å². The highest BCUT2D eigenvalue weighted by molar-refractivity contribution is 5.71. The van der Waals surface area contributed by atoms with Crippen LogP contribution in [0.15, 0.2) is 24.5 Å². The van der Waals surface area contributed by atoms with E-state index in [2.05, 4.69) is 53.1 Å². The summed E-state index contributed by atoms with van der Waals surface area (Å²) >= 11 is 0. The molecule has 10 atom stereocenters. The van der Waals surface area contributed by atoms with Gasteiger partial charge in [-0.25, -0.2) is 14.3 Å². The summed E-state index contributed by atoms with van der Waals surface area (Å²) in [5.74, 6) is 3.62. The minimum absolute atomic E-state index is 0.0121. The minimum Gasteiger partial charge on any atom is -0.448 e. The number of hydrogen-bond donors (Lipinski definition) is 1. The van der Waals surface area contributed by atoms with Gasteiger partial charge in [-0.05, 0) is 129 Å². The van der Waals surface area contributed by atoms with Crippen LogP contribution < -0.4 is 0 Å². The highest BCUT2D eigenvalue weighted by Gasteiger charge is 2.71. The molecule has 0 unspecified atom stereocenters. The fourth-order valence-electron chi connectivity index (χ4n) is 12.4. The van der Waals surface area contributed by atoms with E-state index < -0.39 is 0 Å². The van der Waals surface area contributed by atoms with E-state index in [1.165, 1.54) is 48.7 Å². The third-order valence-corrected chi connectivity index (χ3v) is 14.7. The van der Waals surface area contributed by atoms with Crippen LogP contribution in [0.25, 0.3) is 0 Å². The lowest BCUT2D eigenvalue weighted by molar-refractivity contribution is -0.249. The molecule has 6 rings (SSSR count). The van der Waals surface area contributed by atoms with Crippen molar-refractivity contribution in [1.82, 2.24) is 9.55 Å². The molecule has 5 aliphatic rings. The van der Waals surface area contributed by atoms with Gasteiger partial charge in [-0.3, -0.25) is 0 Å². The highest BCUT2D eigenvalue weighted by Crippen LogP contribution is 2.77. The highest BCUT2D eigenvalue weighted by atomic mass is 16.5. The summed E-state index contributed by atoms with van der Waals surface area (Å²) in [6.45, 7) is 21.7. The zero-order chi connectivity index (χ0) is 28.9. The van der Waals surface area contributed by atoms with Crippen molar-refractivity contribution in [1.29, 1.82) is 0 Å². The molecule has 5 saturated carbocycles. The van der Waals surface area contributed by atoms with E-state index >= 15 is 0 Å². The third-order valence-electron chi connectivity index (χ3n) is 14.7. The van der Waals surface area contributed by atoms with Crippen molar-refractivity contribution in [2.75, 3.05) is 6.61 Å². The van der Waals surface area contributed by atoms with Gasteiger partial charge in [0.25, 0.3) is 0 Å². The van der Waals surface area contributed by atoms with Gasteiger partial charge in [0.15, 0.2) is 0 Å². The maximum atomic E-state index is 13.1. The van der Waals surface area contributed by atoms with Crippen LogP contribution in [-0.4, -0.2) is 33.5 Å². The Kier molecular flexibility index (Phi) is 6.55.